The van der Waals surface area contributed by atoms with E-state index in [1.54, 1.807) is 0 Å². The van der Waals surface area contributed by atoms with Crippen LogP contribution in [0.5, 0.6) is 0 Å². The van der Waals surface area contributed by atoms with Gasteiger partial charge in [0.25, 0.3) is 0 Å². The van der Waals surface area contributed by atoms with Gasteiger partial charge in [0.15, 0.2) is 0 Å². The minimum absolute atomic E-state index is 0.434. The van der Waals surface area contributed by atoms with Crippen LogP contribution in [-0.4, -0.2) is 39.9 Å². The lowest BCUT2D eigenvalue weighted by molar-refractivity contribution is -0.192. The van der Waals surface area contributed by atoms with Gasteiger partial charge in [-0.2, -0.15) is 13.2 Å². The molecule has 2 aliphatic heterocycles. The van der Waals surface area contributed by atoms with Crippen LogP contribution >= 0.6 is 0 Å². The van der Waals surface area contributed by atoms with Gasteiger partial charge in [-0.1, -0.05) is 29.8 Å². The topological polar surface area (TPSA) is 67.2 Å². The number of carboxylic acids is 1. The van der Waals surface area contributed by atoms with Crippen molar-refractivity contribution in [3.63, 3.8) is 0 Å². The van der Waals surface area contributed by atoms with Crippen LogP contribution in [0.3, 0.4) is 0 Å². The maximum absolute atomic E-state index is 10.6. The maximum Gasteiger partial charge on any atom is 0.490 e. The van der Waals surface area contributed by atoms with Crippen molar-refractivity contribution in [2.24, 2.45) is 5.41 Å². The number of hydrogen-bond donors (Lipinski definition) is 2. The minimum Gasteiger partial charge on any atom is -0.475 e. The van der Waals surface area contributed by atoms with E-state index in [2.05, 4.69) is 46.1 Å². The first kappa shape index (κ1) is 18.4. The molecule has 0 aliphatic carbocycles. The highest BCUT2D eigenvalue weighted by Gasteiger charge is 2.41. The van der Waals surface area contributed by atoms with Crippen molar-refractivity contribution in [1.29, 1.82) is 0 Å². The molecule has 1 aromatic carbocycles. The molecule has 1 aromatic heterocycles. The van der Waals surface area contributed by atoms with Crippen molar-refractivity contribution in [2.75, 3.05) is 13.1 Å². The van der Waals surface area contributed by atoms with Crippen molar-refractivity contribution in [1.82, 2.24) is 14.9 Å². The van der Waals surface area contributed by atoms with E-state index >= 15 is 0 Å². The Morgan fingerprint density at radius 3 is 2.50 bits per heavy atom. The molecule has 26 heavy (non-hydrogen) atoms. The van der Waals surface area contributed by atoms with Gasteiger partial charge in [0.05, 0.1) is 11.9 Å². The van der Waals surface area contributed by atoms with Gasteiger partial charge < -0.3 is 15.0 Å². The number of carboxylic acid groups (broad SMARTS) is 1. The molecule has 0 amide bonds. The number of nitrogens with one attached hydrogen (secondary N) is 1. The highest BCUT2D eigenvalue weighted by molar-refractivity contribution is 5.73. The average Bonchev–Trinajstić information content (AvgIpc) is 3.25. The van der Waals surface area contributed by atoms with Gasteiger partial charge in [-0.25, -0.2) is 9.78 Å². The van der Waals surface area contributed by atoms with Crippen molar-refractivity contribution in [3.05, 3.63) is 41.9 Å². The molecule has 2 aliphatic rings. The molecule has 5 nitrogen and oxygen atoms in total. The van der Waals surface area contributed by atoms with Crippen LogP contribution in [0.4, 0.5) is 13.2 Å². The normalized spacial score (nSPS) is 21.4. The number of halogens is 3. The second kappa shape index (κ2) is 6.75. The van der Waals surface area contributed by atoms with Crippen molar-refractivity contribution in [3.8, 4) is 11.3 Å². The van der Waals surface area contributed by atoms with Gasteiger partial charge in [-0.05, 0) is 25.5 Å². The molecule has 3 heterocycles. The summed E-state index contributed by atoms with van der Waals surface area (Å²) in [5, 5.41) is 10.6. The lowest BCUT2D eigenvalue weighted by atomic mass is 9.86. The number of rotatable bonds is 1. The summed E-state index contributed by atoms with van der Waals surface area (Å²) in [6.45, 7) is 5.55. The number of aryl methyl sites for hydroxylation is 1. The number of nitrogens with zero attached hydrogens (tertiary/aromatic N) is 2. The van der Waals surface area contributed by atoms with E-state index in [1.807, 2.05) is 6.20 Å². The third kappa shape index (κ3) is 3.75. The number of imidazole rings is 1. The van der Waals surface area contributed by atoms with E-state index in [1.165, 1.54) is 29.1 Å². The highest BCUT2D eigenvalue weighted by Crippen LogP contribution is 2.39. The Balaban J connectivity index is 0.000000242. The SMILES string of the molecule is Cc1ccc(-c2cnc3n2CC2(CCNC2)C3)cc1.O=C(O)C(F)(F)F. The number of aromatic nitrogens is 2. The first-order valence-electron chi connectivity index (χ1n) is 8.32. The fourth-order valence-corrected chi connectivity index (χ4v) is 3.49. The van der Waals surface area contributed by atoms with Crippen LogP contribution in [0.25, 0.3) is 11.3 Å². The fraction of sp³-hybridized carbons (Fsp3) is 0.444. The smallest absolute Gasteiger partial charge is 0.475 e. The number of alkyl halides is 3. The molecule has 8 heteroatoms. The molecular weight excluding hydrogens is 347 g/mol. The lowest BCUT2D eigenvalue weighted by Gasteiger charge is -2.20. The number of benzene rings is 1. The summed E-state index contributed by atoms with van der Waals surface area (Å²) < 4.78 is 34.2. The molecule has 1 atom stereocenters. The van der Waals surface area contributed by atoms with Crippen LogP contribution in [0.2, 0.25) is 0 Å². The van der Waals surface area contributed by atoms with Crippen LogP contribution < -0.4 is 5.32 Å². The Morgan fingerprint density at radius 1 is 1.31 bits per heavy atom. The molecule has 4 rings (SSSR count). The predicted molar refractivity (Wildman–Crippen MR) is 89.7 cm³/mol. The molecule has 140 valence electrons. The monoisotopic (exact) mass is 367 g/mol. The summed E-state index contributed by atoms with van der Waals surface area (Å²) in [4.78, 5) is 13.5. The Labute approximate surface area is 148 Å². The second-order valence-electron chi connectivity index (χ2n) is 6.92. The maximum atomic E-state index is 10.6. The van der Waals surface area contributed by atoms with E-state index in [0.29, 0.717) is 5.41 Å². The van der Waals surface area contributed by atoms with E-state index in [0.717, 1.165) is 26.1 Å². The average molecular weight is 367 g/mol. The zero-order chi connectivity index (χ0) is 18.9. The fourth-order valence-electron chi connectivity index (χ4n) is 3.49. The van der Waals surface area contributed by atoms with Gasteiger partial charge in [-0.15, -0.1) is 0 Å². The lowest BCUT2D eigenvalue weighted by Crippen LogP contribution is -2.25. The molecule has 1 saturated heterocycles. The van der Waals surface area contributed by atoms with E-state index in [4.69, 9.17) is 9.90 Å². The molecule has 0 saturated carbocycles. The summed E-state index contributed by atoms with van der Waals surface area (Å²) in [7, 11) is 0. The van der Waals surface area contributed by atoms with Gasteiger partial charge in [0, 0.05) is 24.9 Å². The molecule has 2 N–H and O–H groups in total. The first-order chi connectivity index (χ1) is 12.2. The van der Waals surface area contributed by atoms with Crippen LogP contribution in [0.15, 0.2) is 30.5 Å². The molecule has 1 spiro atoms. The molecule has 0 radical (unpaired) electrons. The summed E-state index contributed by atoms with van der Waals surface area (Å²) in [5.74, 6) is -1.49. The Hall–Kier alpha value is -2.35. The second-order valence-corrected chi connectivity index (χ2v) is 6.92. The van der Waals surface area contributed by atoms with Crippen LogP contribution in [0, 0.1) is 12.3 Å². The number of carbonyl (C=O) groups is 1. The molecule has 1 fully saturated rings. The zero-order valence-corrected chi connectivity index (χ0v) is 14.3. The summed E-state index contributed by atoms with van der Waals surface area (Å²) in [5.41, 5.74) is 4.30. The minimum atomic E-state index is -5.08. The third-order valence-electron chi connectivity index (χ3n) is 4.89. The summed E-state index contributed by atoms with van der Waals surface area (Å²) in [6.07, 6.45) is -0.634. The first-order valence-corrected chi connectivity index (χ1v) is 8.32. The third-order valence-corrected chi connectivity index (χ3v) is 4.89. The van der Waals surface area contributed by atoms with Gasteiger partial charge >= 0.3 is 12.1 Å². The van der Waals surface area contributed by atoms with Gasteiger partial charge in [-0.3, -0.25) is 0 Å². The van der Waals surface area contributed by atoms with E-state index in [9.17, 15) is 13.2 Å². The quantitative estimate of drug-likeness (QED) is 0.813. The van der Waals surface area contributed by atoms with Gasteiger partial charge in [0.1, 0.15) is 5.82 Å². The van der Waals surface area contributed by atoms with Crippen LogP contribution in [-0.2, 0) is 17.8 Å². The van der Waals surface area contributed by atoms with E-state index < -0.39 is 12.1 Å². The van der Waals surface area contributed by atoms with Crippen molar-refractivity contribution < 1.29 is 23.1 Å². The van der Waals surface area contributed by atoms with Crippen molar-refractivity contribution in [2.45, 2.75) is 32.5 Å². The Kier molecular flexibility index (Phi) is 4.79. The number of hydrogen-bond acceptors (Lipinski definition) is 3. The van der Waals surface area contributed by atoms with Gasteiger partial charge in [0.2, 0.25) is 0 Å². The molecule has 2 aromatic rings. The van der Waals surface area contributed by atoms with Crippen LogP contribution in [0.1, 0.15) is 17.8 Å². The largest absolute Gasteiger partial charge is 0.490 e. The van der Waals surface area contributed by atoms with Crippen molar-refractivity contribution >= 4 is 5.97 Å². The zero-order valence-electron chi connectivity index (χ0n) is 14.3. The Morgan fingerprint density at radius 2 is 1.96 bits per heavy atom. The Bertz CT molecular complexity index is 791. The number of aliphatic carboxylic acids is 1. The molecule has 0 bridgehead atoms. The molecule has 1 unspecified atom stereocenters. The predicted octanol–water partition coefficient (Wildman–Crippen LogP) is 3.03. The summed E-state index contributed by atoms with van der Waals surface area (Å²) in [6, 6.07) is 8.77. The summed E-state index contributed by atoms with van der Waals surface area (Å²) >= 11 is 0. The highest BCUT2D eigenvalue weighted by atomic mass is 19.4. The number of fused-ring (bicyclic) bond motifs is 1. The standard InChI is InChI=1S/C16H19N3.C2HF3O2/c1-12-2-4-13(5-3-12)14-9-18-15-8-16(11-19(14)15)6-7-17-10-16;3-2(4,5)1(6)7/h2-5,9,17H,6-8,10-11H2,1H3;(H,6,7). The molecular formula is C18H20F3N3O2. The van der Waals surface area contributed by atoms with E-state index in [-0.39, 0.29) is 0 Å².